The van der Waals surface area contributed by atoms with Crippen LogP contribution in [0.3, 0.4) is 0 Å². The zero-order valence-electron chi connectivity index (χ0n) is 8.90. The lowest BCUT2D eigenvalue weighted by Crippen LogP contribution is -1.96. The highest BCUT2D eigenvalue weighted by atomic mass is 35.5. The van der Waals surface area contributed by atoms with E-state index in [0.29, 0.717) is 0 Å². The first-order valence-corrected chi connectivity index (χ1v) is 6.42. The second kappa shape index (κ2) is 4.39. The lowest BCUT2D eigenvalue weighted by atomic mass is 10.2. The average molecular weight is 264 g/mol. The number of hydrogen-bond acceptors (Lipinski definition) is 3. The van der Waals surface area contributed by atoms with E-state index in [-0.39, 0.29) is 0 Å². The average Bonchev–Trinajstić information content (AvgIpc) is 2.94. The van der Waals surface area contributed by atoms with Gasteiger partial charge < -0.3 is 5.32 Å². The molecule has 0 aliphatic rings. The van der Waals surface area contributed by atoms with E-state index in [4.69, 9.17) is 11.6 Å². The number of halogens is 1. The standard InChI is InChI=1S/C12H10ClN3S/c13-12-4-3-10(17-12)7-14-9-2-1-8-6-15-16-11(8)5-9/h1-6,14H,7H2,(H,15,16). The summed E-state index contributed by atoms with van der Waals surface area (Å²) in [4.78, 5) is 1.22. The molecule has 0 aliphatic heterocycles. The van der Waals surface area contributed by atoms with Gasteiger partial charge in [0.15, 0.2) is 0 Å². The number of rotatable bonds is 3. The number of H-pyrrole nitrogens is 1. The molecule has 0 atom stereocenters. The molecule has 2 aromatic heterocycles. The van der Waals surface area contributed by atoms with Gasteiger partial charge in [0, 0.05) is 22.5 Å². The number of hydrogen-bond donors (Lipinski definition) is 2. The SMILES string of the molecule is Clc1ccc(CNc2ccc3cn[nH]c3c2)s1. The van der Waals surface area contributed by atoms with Gasteiger partial charge in [-0.2, -0.15) is 5.10 Å². The number of aromatic nitrogens is 2. The molecule has 0 unspecified atom stereocenters. The predicted molar refractivity (Wildman–Crippen MR) is 72.7 cm³/mol. The van der Waals surface area contributed by atoms with Gasteiger partial charge in [0.25, 0.3) is 0 Å². The van der Waals surface area contributed by atoms with Crippen molar-refractivity contribution >= 4 is 39.5 Å². The first-order chi connectivity index (χ1) is 8.31. The zero-order valence-corrected chi connectivity index (χ0v) is 10.5. The van der Waals surface area contributed by atoms with Gasteiger partial charge in [-0.3, -0.25) is 5.10 Å². The largest absolute Gasteiger partial charge is 0.380 e. The van der Waals surface area contributed by atoms with Crippen LogP contribution in [-0.4, -0.2) is 10.2 Å². The Morgan fingerprint density at radius 1 is 1.29 bits per heavy atom. The first-order valence-electron chi connectivity index (χ1n) is 5.22. The van der Waals surface area contributed by atoms with E-state index >= 15 is 0 Å². The smallest absolute Gasteiger partial charge is 0.0931 e. The van der Waals surface area contributed by atoms with Crippen LogP contribution < -0.4 is 5.32 Å². The van der Waals surface area contributed by atoms with Crippen molar-refractivity contribution in [3.8, 4) is 0 Å². The highest BCUT2D eigenvalue weighted by Crippen LogP contribution is 2.23. The monoisotopic (exact) mass is 263 g/mol. The van der Waals surface area contributed by atoms with Crippen LogP contribution in [0.1, 0.15) is 4.88 Å². The molecule has 3 nitrogen and oxygen atoms in total. The summed E-state index contributed by atoms with van der Waals surface area (Å²) in [5.74, 6) is 0. The van der Waals surface area contributed by atoms with Crippen molar-refractivity contribution in [2.45, 2.75) is 6.54 Å². The van der Waals surface area contributed by atoms with Gasteiger partial charge in [-0.15, -0.1) is 11.3 Å². The molecule has 2 heterocycles. The molecule has 0 aliphatic carbocycles. The Morgan fingerprint density at radius 3 is 3.06 bits per heavy atom. The third-order valence-electron chi connectivity index (χ3n) is 2.54. The highest BCUT2D eigenvalue weighted by Gasteiger charge is 2.00. The third kappa shape index (κ3) is 2.28. The molecule has 86 valence electrons. The maximum Gasteiger partial charge on any atom is 0.0931 e. The minimum atomic E-state index is 0.789. The summed E-state index contributed by atoms with van der Waals surface area (Å²) >= 11 is 7.48. The van der Waals surface area contributed by atoms with E-state index in [1.807, 2.05) is 30.5 Å². The van der Waals surface area contributed by atoms with E-state index in [1.54, 1.807) is 11.3 Å². The van der Waals surface area contributed by atoms with Crippen molar-refractivity contribution < 1.29 is 0 Å². The van der Waals surface area contributed by atoms with Crippen molar-refractivity contribution in [1.82, 2.24) is 10.2 Å². The Bertz CT molecular complexity index is 644. The fourth-order valence-corrected chi connectivity index (χ4v) is 2.71. The summed E-state index contributed by atoms with van der Waals surface area (Å²) in [6.07, 6.45) is 1.82. The summed E-state index contributed by atoms with van der Waals surface area (Å²) in [5.41, 5.74) is 2.12. The van der Waals surface area contributed by atoms with E-state index in [1.165, 1.54) is 4.88 Å². The summed E-state index contributed by atoms with van der Waals surface area (Å²) in [5, 5.41) is 11.4. The molecule has 5 heteroatoms. The molecule has 0 amide bonds. The molecule has 0 fully saturated rings. The molecule has 2 N–H and O–H groups in total. The molecule has 0 saturated carbocycles. The van der Waals surface area contributed by atoms with Crippen LogP contribution >= 0.6 is 22.9 Å². The first kappa shape index (κ1) is 10.6. The molecular formula is C12H10ClN3S. The normalized spacial score (nSPS) is 10.9. The summed E-state index contributed by atoms with van der Waals surface area (Å²) in [6.45, 7) is 0.789. The topological polar surface area (TPSA) is 40.7 Å². The second-order valence-corrected chi connectivity index (χ2v) is 5.53. The van der Waals surface area contributed by atoms with Crippen LogP contribution in [0.15, 0.2) is 36.5 Å². The Kier molecular flexibility index (Phi) is 2.74. The number of nitrogens with one attached hydrogen (secondary N) is 2. The number of benzene rings is 1. The third-order valence-corrected chi connectivity index (χ3v) is 3.77. The minimum Gasteiger partial charge on any atom is -0.380 e. The number of fused-ring (bicyclic) bond motifs is 1. The number of anilines is 1. The molecule has 1 aromatic carbocycles. The Labute approximate surface area is 107 Å². The maximum absolute atomic E-state index is 5.88. The van der Waals surface area contributed by atoms with Crippen molar-refractivity contribution in [2.24, 2.45) is 0 Å². The predicted octanol–water partition coefficient (Wildman–Crippen LogP) is 3.89. The van der Waals surface area contributed by atoms with Crippen molar-refractivity contribution in [1.29, 1.82) is 0 Å². The van der Waals surface area contributed by atoms with Crippen LogP contribution in [0.4, 0.5) is 5.69 Å². The van der Waals surface area contributed by atoms with E-state index in [2.05, 4.69) is 21.6 Å². The number of aromatic amines is 1. The highest BCUT2D eigenvalue weighted by molar-refractivity contribution is 7.16. The second-order valence-electron chi connectivity index (χ2n) is 3.73. The molecule has 0 radical (unpaired) electrons. The van der Waals surface area contributed by atoms with Crippen molar-refractivity contribution in [3.63, 3.8) is 0 Å². The summed E-state index contributed by atoms with van der Waals surface area (Å²) < 4.78 is 0.825. The van der Waals surface area contributed by atoms with Gasteiger partial charge in [0.1, 0.15) is 0 Å². The van der Waals surface area contributed by atoms with Crippen molar-refractivity contribution in [2.75, 3.05) is 5.32 Å². The van der Waals surface area contributed by atoms with Gasteiger partial charge in [-0.1, -0.05) is 11.6 Å². The Morgan fingerprint density at radius 2 is 2.24 bits per heavy atom. The molecule has 0 spiro atoms. The van der Waals surface area contributed by atoms with Gasteiger partial charge in [0.2, 0.25) is 0 Å². The van der Waals surface area contributed by atoms with Gasteiger partial charge in [0.05, 0.1) is 16.0 Å². The number of nitrogens with zero attached hydrogens (tertiary/aromatic N) is 1. The van der Waals surface area contributed by atoms with Gasteiger partial charge >= 0.3 is 0 Å². The lowest BCUT2D eigenvalue weighted by Gasteiger charge is -2.04. The molecule has 17 heavy (non-hydrogen) atoms. The quantitative estimate of drug-likeness (QED) is 0.753. The lowest BCUT2D eigenvalue weighted by molar-refractivity contribution is 1.12. The molecule has 3 rings (SSSR count). The van der Waals surface area contributed by atoms with Crippen LogP contribution in [-0.2, 0) is 6.54 Å². The van der Waals surface area contributed by atoms with Crippen LogP contribution in [0, 0.1) is 0 Å². The molecule has 0 bridgehead atoms. The fraction of sp³-hybridized carbons (Fsp3) is 0.0833. The Hall–Kier alpha value is -1.52. The summed E-state index contributed by atoms with van der Waals surface area (Å²) in [6, 6.07) is 10.1. The molecule has 3 aromatic rings. The van der Waals surface area contributed by atoms with Crippen molar-refractivity contribution in [3.05, 3.63) is 45.7 Å². The zero-order chi connectivity index (χ0) is 11.7. The minimum absolute atomic E-state index is 0.789. The van der Waals surface area contributed by atoms with E-state index in [9.17, 15) is 0 Å². The van der Waals surface area contributed by atoms with Crippen LogP contribution in [0.2, 0.25) is 4.34 Å². The van der Waals surface area contributed by atoms with E-state index < -0.39 is 0 Å². The van der Waals surface area contributed by atoms with Crippen LogP contribution in [0.5, 0.6) is 0 Å². The van der Waals surface area contributed by atoms with E-state index in [0.717, 1.165) is 27.5 Å². The molecule has 0 saturated heterocycles. The Balaban J connectivity index is 1.76. The number of thiophene rings is 1. The molecular weight excluding hydrogens is 254 g/mol. The van der Waals surface area contributed by atoms with Gasteiger partial charge in [-0.05, 0) is 30.3 Å². The fourth-order valence-electron chi connectivity index (χ4n) is 1.68. The van der Waals surface area contributed by atoms with Crippen LogP contribution in [0.25, 0.3) is 10.9 Å². The maximum atomic E-state index is 5.88. The summed E-state index contributed by atoms with van der Waals surface area (Å²) in [7, 11) is 0. The van der Waals surface area contributed by atoms with Gasteiger partial charge in [-0.25, -0.2) is 0 Å².